The molecule has 17 heavy (non-hydrogen) atoms. The molecule has 2 saturated carbocycles. The van der Waals surface area contributed by atoms with E-state index >= 15 is 0 Å². The van der Waals surface area contributed by atoms with Crippen LogP contribution in [0.5, 0.6) is 0 Å². The third kappa shape index (κ3) is 7.84. The quantitative estimate of drug-likeness (QED) is 0.480. The van der Waals surface area contributed by atoms with E-state index in [0.29, 0.717) is 0 Å². The first-order valence-corrected chi connectivity index (χ1v) is 8.36. The average Bonchev–Trinajstić information content (AvgIpc) is 3.07. The summed E-state index contributed by atoms with van der Waals surface area (Å²) < 4.78 is 0. The van der Waals surface area contributed by atoms with E-state index in [9.17, 15) is 0 Å². The molecule has 0 aromatic heterocycles. The zero-order valence-corrected chi connectivity index (χ0v) is 13.7. The Bertz CT molecular complexity index is 122. The lowest BCUT2D eigenvalue weighted by molar-refractivity contribution is 0.338. The van der Waals surface area contributed by atoms with Gasteiger partial charge in [-0.25, -0.2) is 0 Å². The standard InChI is InChI=1S/C11H20.3C2H6/c1-9-6-7-11(8-9)10-4-2-3-5-10;3*1-2/h9-11H,2-8H2,1H3;3*1-2H3. The van der Waals surface area contributed by atoms with E-state index < -0.39 is 0 Å². The number of rotatable bonds is 1. The summed E-state index contributed by atoms with van der Waals surface area (Å²) in [6, 6.07) is 0. The van der Waals surface area contributed by atoms with E-state index in [0.717, 1.165) is 17.8 Å². The molecular formula is C17H38. The van der Waals surface area contributed by atoms with E-state index in [1.807, 2.05) is 41.5 Å². The van der Waals surface area contributed by atoms with E-state index in [1.165, 1.54) is 19.3 Å². The van der Waals surface area contributed by atoms with Gasteiger partial charge in [0.05, 0.1) is 0 Å². The summed E-state index contributed by atoms with van der Waals surface area (Å²) in [6.07, 6.45) is 10.8. The van der Waals surface area contributed by atoms with Crippen molar-refractivity contribution in [2.45, 2.75) is 93.4 Å². The first kappa shape index (κ1) is 19.3. The molecule has 0 aliphatic heterocycles. The fourth-order valence-electron chi connectivity index (χ4n) is 3.11. The van der Waals surface area contributed by atoms with Gasteiger partial charge in [0.1, 0.15) is 0 Å². The highest BCUT2D eigenvalue weighted by molar-refractivity contribution is 4.81. The molecule has 2 aliphatic carbocycles. The van der Waals surface area contributed by atoms with Gasteiger partial charge in [0.15, 0.2) is 0 Å². The van der Waals surface area contributed by atoms with Crippen molar-refractivity contribution in [2.75, 3.05) is 0 Å². The van der Waals surface area contributed by atoms with Gasteiger partial charge in [-0.2, -0.15) is 0 Å². The predicted octanol–water partition coefficient (Wildman–Crippen LogP) is 6.69. The minimum absolute atomic E-state index is 1.04. The monoisotopic (exact) mass is 242 g/mol. The maximum absolute atomic E-state index is 2.43. The highest BCUT2D eigenvalue weighted by atomic mass is 14.4. The molecule has 2 unspecified atom stereocenters. The number of hydrogen-bond donors (Lipinski definition) is 0. The van der Waals surface area contributed by atoms with Crippen LogP contribution in [0.4, 0.5) is 0 Å². The van der Waals surface area contributed by atoms with Crippen molar-refractivity contribution in [1.82, 2.24) is 0 Å². The fourth-order valence-corrected chi connectivity index (χ4v) is 3.11. The minimum Gasteiger partial charge on any atom is -0.0683 e. The lowest BCUT2D eigenvalue weighted by Crippen LogP contribution is -2.07. The molecule has 0 amide bonds. The maximum atomic E-state index is 2.43. The van der Waals surface area contributed by atoms with Crippen LogP contribution < -0.4 is 0 Å². The maximum Gasteiger partial charge on any atom is -0.0383 e. The SMILES string of the molecule is CC.CC.CC.CC1CCC(C2CCCC2)C1. The van der Waals surface area contributed by atoms with Crippen LogP contribution >= 0.6 is 0 Å². The van der Waals surface area contributed by atoms with Gasteiger partial charge in [0.25, 0.3) is 0 Å². The van der Waals surface area contributed by atoms with Crippen molar-refractivity contribution >= 4 is 0 Å². The van der Waals surface area contributed by atoms with Crippen LogP contribution in [0.3, 0.4) is 0 Å². The van der Waals surface area contributed by atoms with Gasteiger partial charge in [0, 0.05) is 0 Å². The van der Waals surface area contributed by atoms with E-state index in [2.05, 4.69) is 6.92 Å². The second-order valence-electron chi connectivity index (χ2n) is 4.72. The van der Waals surface area contributed by atoms with Gasteiger partial charge in [0.2, 0.25) is 0 Å². The zero-order valence-electron chi connectivity index (χ0n) is 13.7. The van der Waals surface area contributed by atoms with Crippen molar-refractivity contribution in [1.29, 1.82) is 0 Å². The molecule has 0 radical (unpaired) electrons. The first-order chi connectivity index (χ1) is 8.36. The molecular weight excluding hydrogens is 204 g/mol. The molecule has 0 bridgehead atoms. The normalized spacial score (nSPS) is 27.0. The Hall–Kier alpha value is 0. The zero-order chi connectivity index (χ0) is 13.7. The van der Waals surface area contributed by atoms with Gasteiger partial charge < -0.3 is 0 Å². The highest BCUT2D eigenvalue weighted by Crippen LogP contribution is 2.42. The molecule has 106 valence electrons. The molecule has 0 aromatic rings. The van der Waals surface area contributed by atoms with Crippen LogP contribution in [-0.4, -0.2) is 0 Å². The fraction of sp³-hybridized carbons (Fsp3) is 1.00. The Kier molecular flexibility index (Phi) is 16.0. The molecule has 0 N–H and O–H groups in total. The first-order valence-electron chi connectivity index (χ1n) is 8.36. The van der Waals surface area contributed by atoms with Crippen LogP contribution in [0.25, 0.3) is 0 Å². The summed E-state index contributed by atoms with van der Waals surface area (Å²) in [6.45, 7) is 14.4. The Morgan fingerprint density at radius 2 is 1.06 bits per heavy atom. The Balaban J connectivity index is 0. The lowest BCUT2D eigenvalue weighted by atomic mass is 9.89. The summed E-state index contributed by atoms with van der Waals surface area (Å²) >= 11 is 0. The van der Waals surface area contributed by atoms with Gasteiger partial charge >= 0.3 is 0 Å². The van der Waals surface area contributed by atoms with E-state index in [4.69, 9.17) is 0 Å². The molecule has 2 fully saturated rings. The van der Waals surface area contributed by atoms with Crippen LogP contribution in [0.2, 0.25) is 0 Å². The average molecular weight is 242 g/mol. The third-order valence-electron chi connectivity index (χ3n) is 3.80. The van der Waals surface area contributed by atoms with Crippen molar-refractivity contribution in [3.05, 3.63) is 0 Å². The van der Waals surface area contributed by atoms with Gasteiger partial charge in [-0.15, -0.1) is 0 Å². The third-order valence-corrected chi connectivity index (χ3v) is 3.80. The van der Waals surface area contributed by atoms with Crippen LogP contribution in [0.15, 0.2) is 0 Å². The van der Waals surface area contributed by atoms with Crippen LogP contribution in [0.1, 0.15) is 93.4 Å². The predicted molar refractivity (Wildman–Crippen MR) is 82.5 cm³/mol. The minimum atomic E-state index is 1.04. The van der Waals surface area contributed by atoms with Crippen molar-refractivity contribution in [3.63, 3.8) is 0 Å². The molecule has 2 atom stereocenters. The van der Waals surface area contributed by atoms with Gasteiger partial charge in [-0.1, -0.05) is 80.6 Å². The summed E-state index contributed by atoms with van der Waals surface area (Å²) in [4.78, 5) is 0. The smallest absolute Gasteiger partial charge is 0.0383 e. The molecule has 0 heteroatoms. The van der Waals surface area contributed by atoms with Crippen molar-refractivity contribution in [2.24, 2.45) is 17.8 Å². The molecule has 0 spiro atoms. The second kappa shape index (κ2) is 14.1. The van der Waals surface area contributed by atoms with Crippen LogP contribution in [-0.2, 0) is 0 Å². The molecule has 0 heterocycles. The highest BCUT2D eigenvalue weighted by Gasteiger charge is 2.30. The molecule has 2 rings (SSSR count). The Morgan fingerprint density at radius 3 is 1.41 bits per heavy atom. The molecule has 0 nitrogen and oxygen atoms in total. The molecule has 2 aliphatic rings. The second-order valence-corrected chi connectivity index (χ2v) is 4.72. The van der Waals surface area contributed by atoms with E-state index in [1.54, 1.807) is 25.7 Å². The van der Waals surface area contributed by atoms with Gasteiger partial charge in [-0.05, 0) is 30.6 Å². The Morgan fingerprint density at radius 1 is 0.588 bits per heavy atom. The van der Waals surface area contributed by atoms with Crippen LogP contribution in [0, 0.1) is 17.8 Å². The topological polar surface area (TPSA) is 0 Å². The largest absolute Gasteiger partial charge is 0.0683 e. The van der Waals surface area contributed by atoms with Crippen molar-refractivity contribution < 1.29 is 0 Å². The van der Waals surface area contributed by atoms with Crippen molar-refractivity contribution in [3.8, 4) is 0 Å². The molecule has 0 aromatic carbocycles. The summed E-state index contributed by atoms with van der Waals surface area (Å²) in [7, 11) is 0. The lowest BCUT2D eigenvalue weighted by Gasteiger charge is -2.16. The summed E-state index contributed by atoms with van der Waals surface area (Å²) in [5.41, 5.74) is 0. The number of hydrogen-bond acceptors (Lipinski definition) is 0. The summed E-state index contributed by atoms with van der Waals surface area (Å²) in [5, 5.41) is 0. The molecule has 0 saturated heterocycles. The van der Waals surface area contributed by atoms with Gasteiger partial charge in [-0.3, -0.25) is 0 Å². The Labute approximate surface area is 112 Å². The summed E-state index contributed by atoms with van der Waals surface area (Å²) in [5.74, 6) is 3.31. The van der Waals surface area contributed by atoms with E-state index in [-0.39, 0.29) is 0 Å².